The molecule has 7 nitrogen and oxygen atoms in total. The molecule has 0 aliphatic carbocycles. The van der Waals surface area contributed by atoms with Crippen LogP contribution >= 0.6 is 0 Å². The van der Waals surface area contributed by atoms with Crippen LogP contribution in [0.15, 0.2) is 42.5 Å². The first kappa shape index (κ1) is 21.7. The molecule has 1 aromatic heterocycles. The number of nitrogens with zero attached hydrogens (tertiary/aromatic N) is 3. The maximum absolute atomic E-state index is 13.4. The summed E-state index contributed by atoms with van der Waals surface area (Å²) < 4.78 is 10.6. The number of aromatic nitrogens is 1. The first-order chi connectivity index (χ1) is 15.1. The summed E-state index contributed by atoms with van der Waals surface area (Å²) >= 11 is 0. The Kier molecular flexibility index (Phi) is 6.85. The molecule has 3 heterocycles. The third kappa shape index (κ3) is 4.89. The van der Waals surface area contributed by atoms with Crippen LogP contribution in [0.25, 0.3) is 0 Å². The summed E-state index contributed by atoms with van der Waals surface area (Å²) in [4.78, 5) is 23.0. The highest BCUT2D eigenvalue weighted by atomic mass is 16.5. The monoisotopic (exact) mass is 424 g/mol. The number of fused-ring (bicyclic) bond motifs is 1. The van der Waals surface area contributed by atoms with Crippen molar-refractivity contribution in [3.05, 3.63) is 59.3 Å². The van der Waals surface area contributed by atoms with Gasteiger partial charge in [-0.15, -0.1) is 0 Å². The lowest BCUT2D eigenvalue weighted by Gasteiger charge is -2.41. The SMILES string of the molecule is COCCNC(=O)C1(C)CN(Cc2ccccc2)Cc2ccc(N3CCOCC3)nc21. The number of benzene rings is 1. The van der Waals surface area contributed by atoms with Gasteiger partial charge in [-0.25, -0.2) is 4.98 Å². The van der Waals surface area contributed by atoms with Gasteiger partial charge in [-0.3, -0.25) is 9.69 Å². The predicted molar refractivity (Wildman–Crippen MR) is 120 cm³/mol. The minimum atomic E-state index is -0.738. The van der Waals surface area contributed by atoms with Gasteiger partial charge in [0.2, 0.25) is 5.91 Å². The summed E-state index contributed by atoms with van der Waals surface area (Å²) in [5, 5.41) is 3.05. The zero-order valence-corrected chi connectivity index (χ0v) is 18.5. The third-order valence-electron chi connectivity index (χ3n) is 6.10. The number of anilines is 1. The predicted octanol–water partition coefficient (Wildman–Crippen LogP) is 1.95. The van der Waals surface area contributed by atoms with Crippen molar-refractivity contribution in [2.24, 2.45) is 0 Å². The van der Waals surface area contributed by atoms with Gasteiger partial charge in [0.25, 0.3) is 0 Å². The minimum absolute atomic E-state index is 0.00445. The Morgan fingerprint density at radius 2 is 1.97 bits per heavy atom. The molecule has 166 valence electrons. The van der Waals surface area contributed by atoms with Gasteiger partial charge in [0, 0.05) is 46.4 Å². The molecular formula is C24H32N4O3. The van der Waals surface area contributed by atoms with E-state index in [1.165, 1.54) is 5.56 Å². The van der Waals surface area contributed by atoms with E-state index in [1.54, 1.807) is 7.11 Å². The second-order valence-corrected chi connectivity index (χ2v) is 8.49. The van der Waals surface area contributed by atoms with Crippen molar-refractivity contribution in [2.45, 2.75) is 25.4 Å². The summed E-state index contributed by atoms with van der Waals surface area (Å²) in [5.74, 6) is 0.921. The Balaban J connectivity index is 1.63. The van der Waals surface area contributed by atoms with Crippen LogP contribution in [0.1, 0.15) is 23.7 Å². The molecule has 2 aliphatic heterocycles. The Morgan fingerprint density at radius 1 is 1.19 bits per heavy atom. The van der Waals surface area contributed by atoms with Gasteiger partial charge in [0.1, 0.15) is 11.2 Å². The first-order valence-electron chi connectivity index (χ1n) is 11.0. The number of morpholine rings is 1. The van der Waals surface area contributed by atoms with Crippen LogP contribution in [0.2, 0.25) is 0 Å². The van der Waals surface area contributed by atoms with E-state index in [4.69, 9.17) is 14.5 Å². The number of rotatable bonds is 7. The van der Waals surface area contributed by atoms with Gasteiger partial charge < -0.3 is 19.7 Å². The van der Waals surface area contributed by atoms with Crippen molar-refractivity contribution in [3.63, 3.8) is 0 Å². The summed E-state index contributed by atoms with van der Waals surface area (Å²) in [6.07, 6.45) is 0. The summed E-state index contributed by atoms with van der Waals surface area (Å²) in [6, 6.07) is 14.6. The Hall–Kier alpha value is -2.48. The molecule has 1 aromatic carbocycles. The van der Waals surface area contributed by atoms with Gasteiger partial charge in [0.05, 0.1) is 25.5 Å². The number of amides is 1. The highest BCUT2D eigenvalue weighted by Gasteiger charge is 2.43. The van der Waals surface area contributed by atoms with E-state index in [9.17, 15) is 4.79 Å². The van der Waals surface area contributed by atoms with Crippen LogP contribution in [-0.4, -0.2) is 68.9 Å². The van der Waals surface area contributed by atoms with Crippen molar-refractivity contribution in [1.29, 1.82) is 0 Å². The highest BCUT2D eigenvalue weighted by molar-refractivity contribution is 5.88. The Labute approximate surface area is 184 Å². The van der Waals surface area contributed by atoms with Crippen LogP contribution in [0.4, 0.5) is 5.82 Å². The molecular weight excluding hydrogens is 392 g/mol. The number of carbonyl (C=O) groups is 1. The van der Waals surface area contributed by atoms with Crippen molar-refractivity contribution < 1.29 is 14.3 Å². The summed E-state index contributed by atoms with van der Waals surface area (Å²) in [6.45, 7) is 8.25. The lowest BCUT2D eigenvalue weighted by Crippen LogP contribution is -2.54. The molecule has 0 radical (unpaired) electrons. The maximum atomic E-state index is 13.4. The number of hydrogen-bond donors (Lipinski definition) is 1. The molecule has 1 saturated heterocycles. The molecule has 0 saturated carbocycles. The van der Waals surface area contributed by atoms with Gasteiger partial charge >= 0.3 is 0 Å². The molecule has 1 amide bonds. The fourth-order valence-corrected chi connectivity index (χ4v) is 4.46. The van der Waals surface area contributed by atoms with E-state index in [1.807, 2.05) is 13.0 Å². The number of hydrogen-bond acceptors (Lipinski definition) is 6. The molecule has 0 bridgehead atoms. The minimum Gasteiger partial charge on any atom is -0.383 e. The first-order valence-corrected chi connectivity index (χ1v) is 11.0. The van der Waals surface area contributed by atoms with E-state index in [2.05, 4.69) is 51.5 Å². The number of ether oxygens (including phenoxy) is 2. The Morgan fingerprint density at radius 3 is 2.71 bits per heavy atom. The molecule has 7 heteroatoms. The van der Waals surface area contributed by atoms with E-state index < -0.39 is 5.41 Å². The summed E-state index contributed by atoms with van der Waals surface area (Å²) in [7, 11) is 1.64. The van der Waals surface area contributed by atoms with Crippen molar-refractivity contribution in [2.75, 3.05) is 58.0 Å². The zero-order valence-electron chi connectivity index (χ0n) is 18.5. The number of nitrogens with one attached hydrogen (secondary N) is 1. The normalized spacial score (nSPS) is 21.5. The third-order valence-corrected chi connectivity index (χ3v) is 6.10. The Bertz CT molecular complexity index is 886. The largest absolute Gasteiger partial charge is 0.383 e. The summed E-state index contributed by atoms with van der Waals surface area (Å²) in [5.41, 5.74) is 2.50. The molecule has 1 atom stereocenters. The van der Waals surface area contributed by atoms with Crippen LogP contribution in [0.5, 0.6) is 0 Å². The van der Waals surface area contributed by atoms with Crippen molar-refractivity contribution in [1.82, 2.24) is 15.2 Å². The number of methoxy groups -OCH3 is 1. The zero-order chi connectivity index (χ0) is 21.7. The molecule has 1 fully saturated rings. The lowest BCUT2D eigenvalue weighted by molar-refractivity contribution is -0.128. The topological polar surface area (TPSA) is 66.9 Å². The van der Waals surface area contributed by atoms with E-state index in [0.29, 0.717) is 32.9 Å². The molecule has 31 heavy (non-hydrogen) atoms. The van der Waals surface area contributed by atoms with E-state index in [-0.39, 0.29) is 5.91 Å². The van der Waals surface area contributed by atoms with Gasteiger partial charge in [-0.1, -0.05) is 36.4 Å². The lowest BCUT2D eigenvalue weighted by atomic mass is 9.79. The van der Waals surface area contributed by atoms with Crippen LogP contribution in [0.3, 0.4) is 0 Å². The molecule has 4 rings (SSSR count). The standard InChI is InChI=1S/C24H32N4O3/c1-24(23(29)25-10-13-30-2)18-27(16-19-6-4-3-5-7-19)17-20-8-9-21(26-22(20)24)28-11-14-31-15-12-28/h3-9H,10-18H2,1-2H3,(H,25,29). The van der Waals surface area contributed by atoms with Crippen molar-refractivity contribution in [3.8, 4) is 0 Å². The highest BCUT2D eigenvalue weighted by Crippen LogP contribution is 2.35. The molecule has 2 aromatic rings. The average Bonchev–Trinajstić information content (AvgIpc) is 2.80. The molecule has 1 N–H and O–H groups in total. The fraction of sp³-hybridized carbons (Fsp3) is 0.500. The van der Waals surface area contributed by atoms with Crippen LogP contribution < -0.4 is 10.2 Å². The van der Waals surface area contributed by atoms with Crippen LogP contribution in [0, 0.1) is 0 Å². The van der Waals surface area contributed by atoms with E-state index in [0.717, 1.165) is 43.3 Å². The quantitative estimate of drug-likeness (QED) is 0.686. The average molecular weight is 425 g/mol. The van der Waals surface area contributed by atoms with Gasteiger partial charge in [0.15, 0.2) is 0 Å². The van der Waals surface area contributed by atoms with Crippen molar-refractivity contribution >= 4 is 11.7 Å². The maximum Gasteiger partial charge on any atom is 0.233 e. The molecule has 1 unspecified atom stereocenters. The van der Waals surface area contributed by atoms with Gasteiger partial charge in [-0.05, 0) is 24.1 Å². The smallest absolute Gasteiger partial charge is 0.233 e. The second kappa shape index (κ2) is 9.77. The number of pyridine rings is 1. The molecule has 2 aliphatic rings. The van der Waals surface area contributed by atoms with Gasteiger partial charge in [-0.2, -0.15) is 0 Å². The molecule has 0 spiro atoms. The van der Waals surface area contributed by atoms with Crippen LogP contribution in [-0.2, 0) is 32.8 Å². The second-order valence-electron chi connectivity index (χ2n) is 8.49. The number of carbonyl (C=O) groups excluding carboxylic acids is 1. The van der Waals surface area contributed by atoms with E-state index >= 15 is 0 Å². The fourth-order valence-electron chi connectivity index (χ4n) is 4.46.